The number of pyridine rings is 1. The molecular formula is C23H18ClN7O2. The van der Waals surface area contributed by atoms with Crippen LogP contribution in [0.4, 0.5) is 17.3 Å². The minimum absolute atomic E-state index is 0.0305. The van der Waals surface area contributed by atoms with Gasteiger partial charge in [-0.1, -0.05) is 23.7 Å². The van der Waals surface area contributed by atoms with Crippen molar-refractivity contribution in [1.82, 2.24) is 24.9 Å². The molecule has 0 saturated carbocycles. The largest absolute Gasteiger partial charge is 0.366 e. The first-order chi connectivity index (χ1) is 16.0. The number of imide groups is 1. The molecule has 5 rings (SSSR count). The number of rotatable bonds is 6. The highest BCUT2D eigenvalue weighted by Crippen LogP contribution is 2.25. The maximum absolute atomic E-state index is 12.0. The maximum Gasteiger partial charge on any atom is 0.254 e. The summed E-state index contributed by atoms with van der Waals surface area (Å²) in [6.45, 7) is 0.525. The third-order valence-corrected chi connectivity index (χ3v) is 5.25. The Morgan fingerprint density at radius 2 is 2.06 bits per heavy atom. The molecule has 1 saturated heterocycles. The minimum atomic E-state index is -0.400. The fourth-order valence-electron chi connectivity index (χ4n) is 3.49. The zero-order valence-electron chi connectivity index (χ0n) is 17.2. The lowest BCUT2D eigenvalue weighted by Gasteiger charge is -2.12. The summed E-state index contributed by atoms with van der Waals surface area (Å²) in [5, 5.41) is 14.0. The second-order valence-corrected chi connectivity index (χ2v) is 7.87. The number of aromatic nitrogens is 4. The molecule has 1 aliphatic rings. The molecule has 0 atom stereocenters. The Labute approximate surface area is 193 Å². The molecule has 164 valence electrons. The quantitative estimate of drug-likeness (QED) is 0.298. The molecule has 9 nitrogen and oxygen atoms in total. The van der Waals surface area contributed by atoms with E-state index in [4.69, 9.17) is 16.6 Å². The molecule has 4 heterocycles. The number of nitrogens with one attached hydrogen (secondary N) is 3. The molecule has 1 aliphatic heterocycles. The van der Waals surface area contributed by atoms with E-state index in [-0.39, 0.29) is 12.3 Å². The van der Waals surface area contributed by atoms with Crippen LogP contribution in [0.2, 0.25) is 5.02 Å². The summed E-state index contributed by atoms with van der Waals surface area (Å²) >= 11 is 6.12. The fourth-order valence-corrected chi connectivity index (χ4v) is 3.68. The molecule has 0 bridgehead atoms. The van der Waals surface area contributed by atoms with E-state index >= 15 is 0 Å². The van der Waals surface area contributed by atoms with Gasteiger partial charge in [-0.15, -0.1) is 0 Å². The smallest absolute Gasteiger partial charge is 0.254 e. The van der Waals surface area contributed by atoms with Crippen molar-refractivity contribution in [2.24, 2.45) is 0 Å². The van der Waals surface area contributed by atoms with Gasteiger partial charge in [0.15, 0.2) is 5.65 Å². The molecule has 4 aromatic rings. The van der Waals surface area contributed by atoms with Gasteiger partial charge in [0.25, 0.3) is 5.91 Å². The average molecular weight is 460 g/mol. The third-order valence-electron chi connectivity index (χ3n) is 5.02. The number of hydrogen-bond donors (Lipinski definition) is 3. The van der Waals surface area contributed by atoms with Crippen LogP contribution in [0.3, 0.4) is 0 Å². The summed E-state index contributed by atoms with van der Waals surface area (Å²) < 4.78 is 1.65. The molecule has 2 amide bonds. The fraction of sp³-hybridized carbons (Fsp3) is 0.0870. The van der Waals surface area contributed by atoms with Gasteiger partial charge in [0, 0.05) is 46.9 Å². The second kappa shape index (κ2) is 8.71. The predicted molar refractivity (Wildman–Crippen MR) is 125 cm³/mol. The minimum Gasteiger partial charge on any atom is -0.366 e. The van der Waals surface area contributed by atoms with Crippen LogP contribution >= 0.6 is 11.6 Å². The number of carbonyl (C=O) groups excluding carboxylic acids is 2. The zero-order chi connectivity index (χ0) is 22.8. The van der Waals surface area contributed by atoms with Gasteiger partial charge in [0.1, 0.15) is 11.6 Å². The molecule has 0 aliphatic carbocycles. The van der Waals surface area contributed by atoms with Crippen molar-refractivity contribution in [3.05, 3.63) is 82.8 Å². The van der Waals surface area contributed by atoms with Gasteiger partial charge in [-0.05, 0) is 35.9 Å². The highest BCUT2D eigenvalue weighted by Gasteiger charge is 2.24. The van der Waals surface area contributed by atoms with Crippen molar-refractivity contribution in [3.63, 3.8) is 0 Å². The number of benzene rings is 1. The third kappa shape index (κ3) is 4.53. The number of nitrogens with zero attached hydrogens (tertiary/aromatic N) is 4. The van der Waals surface area contributed by atoms with Gasteiger partial charge in [-0.25, -0.2) is 4.98 Å². The number of hydrogen-bond acceptors (Lipinski definition) is 7. The normalized spacial score (nSPS) is 14.6. The monoisotopic (exact) mass is 459 g/mol. The molecule has 0 radical (unpaired) electrons. The van der Waals surface area contributed by atoms with Crippen LogP contribution in [-0.4, -0.2) is 31.4 Å². The van der Waals surface area contributed by atoms with E-state index in [1.807, 2.05) is 30.3 Å². The predicted octanol–water partition coefficient (Wildman–Crippen LogP) is 3.56. The van der Waals surface area contributed by atoms with Crippen LogP contribution in [0, 0.1) is 0 Å². The molecule has 0 unspecified atom stereocenters. The number of amides is 2. The summed E-state index contributed by atoms with van der Waals surface area (Å²) in [5.74, 6) is 0.524. The lowest BCUT2D eigenvalue weighted by atomic mass is 10.1. The summed E-state index contributed by atoms with van der Waals surface area (Å²) in [6.07, 6.45) is 6.79. The topological polar surface area (TPSA) is 113 Å². The number of halogens is 1. The Bertz CT molecular complexity index is 1400. The van der Waals surface area contributed by atoms with Crippen LogP contribution in [0.15, 0.2) is 66.6 Å². The van der Waals surface area contributed by atoms with Gasteiger partial charge in [0.05, 0.1) is 12.6 Å². The number of fused-ring (bicyclic) bond motifs is 1. The molecule has 10 heteroatoms. The van der Waals surface area contributed by atoms with Crippen LogP contribution in [0.25, 0.3) is 11.7 Å². The summed E-state index contributed by atoms with van der Waals surface area (Å²) in [6, 6.07) is 13.0. The summed E-state index contributed by atoms with van der Waals surface area (Å²) in [5.41, 5.74) is 3.29. The van der Waals surface area contributed by atoms with Crippen molar-refractivity contribution in [2.75, 3.05) is 10.6 Å². The van der Waals surface area contributed by atoms with Crippen molar-refractivity contribution >= 4 is 52.5 Å². The van der Waals surface area contributed by atoms with E-state index in [0.717, 1.165) is 11.3 Å². The van der Waals surface area contributed by atoms with Gasteiger partial charge >= 0.3 is 0 Å². The van der Waals surface area contributed by atoms with Gasteiger partial charge < -0.3 is 10.6 Å². The van der Waals surface area contributed by atoms with Crippen molar-refractivity contribution < 1.29 is 9.59 Å². The first-order valence-corrected chi connectivity index (χ1v) is 10.5. The van der Waals surface area contributed by atoms with E-state index in [0.29, 0.717) is 40.0 Å². The van der Waals surface area contributed by atoms with E-state index in [1.54, 1.807) is 41.3 Å². The van der Waals surface area contributed by atoms with Gasteiger partial charge in [-0.3, -0.25) is 19.9 Å². The first-order valence-electron chi connectivity index (χ1n) is 10.1. The SMILES string of the molecule is O=C1C/C(=C\c2cnn3c(NCc4cccnc4)cc(Nc4cccc(Cl)c4)nc23)C(=O)N1. The molecular weight excluding hydrogens is 442 g/mol. The molecule has 3 aromatic heterocycles. The highest BCUT2D eigenvalue weighted by atomic mass is 35.5. The Balaban J connectivity index is 1.55. The first kappa shape index (κ1) is 20.7. The molecule has 3 N–H and O–H groups in total. The van der Waals surface area contributed by atoms with Crippen molar-refractivity contribution in [2.45, 2.75) is 13.0 Å². The van der Waals surface area contributed by atoms with E-state index in [1.165, 1.54) is 0 Å². The Morgan fingerprint density at radius 3 is 2.82 bits per heavy atom. The average Bonchev–Trinajstić information content (AvgIpc) is 3.35. The molecule has 0 spiro atoms. The Morgan fingerprint density at radius 1 is 1.15 bits per heavy atom. The molecule has 1 aromatic carbocycles. The highest BCUT2D eigenvalue weighted by molar-refractivity contribution is 6.30. The maximum atomic E-state index is 12.0. The molecule has 33 heavy (non-hydrogen) atoms. The zero-order valence-corrected chi connectivity index (χ0v) is 18.0. The standard InChI is InChI=1S/C23H18ClN7O2/c24-17-4-1-5-18(9-17)28-19-10-20(26-12-14-3-2-6-25-11-14)31-22(29-19)16(13-27-31)7-15-8-21(32)30-23(15)33/h1-7,9-11,13,26H,8,12H2,(H,28,29)(H,30,32,33)/b15-7+. The van der Waals surface area contributed by atoms with Crippen molar-refractivity contribution in [1.29, 1.82) is 0 Å². The van der Waals surface area contributed by atoms with Gasteiger partial charge in [-0.2, -0.15) is 9.61 Å². The summed E-state index contributed by atoms with van der Waals surface area (Å²) in [4.78, 5) is 32.4. The van der Waals surface area contributed by atoms with E-state index in [2.05, 4.69) is 26.0 Å². The van der Waals surface area contributed by atoms with Crippen LogP contribution < -0.4 is 16.0 Å². The molecule has 1 fully saturated rings. The second-order valence-electron chi connectivity index (χ2n) is 7.44. The summed E-state index contributed by atoms with van der Waals surface area (Å²) in [7, 11) is 0. The van der Waals surface area contributed by atoms with Crippen LogP contribution in [0.5, 0.6) is 0 Å². The van der Waals surface area contributed by atoms with Crippen LogP contribution in [0.1, 0.15) is 17.5 Å². The van der Waals surface area contributed by atoms with Gasteiger partial charge in [0.2, 0.25) is 5.91 Å². The van der Waals surface area contributed by atoms with E-state index < -0.39 is 5.91 Å². The van der Waals surface area contributed by atoms with Crippen molar-refractivity contribution in [3.8, 4) is 0 Å². The van der Waals surface area contributed by atoms with E-state index in [9.17, 15) is 9.59 Å². The number of anilines is 3. The Kier molecular flexibility index (Phi) is 5.45. The Hall–Kier alpha value is -4.24. The lowest BCUT2D eigenvalue weighted by molar-refractivity contribution is -0.124. The lowest BCUT2D eigenvalue weighted by Crippen LogP contribution is -2.19. The van der Waals surface area contributed by atoms with Crippen LogP contribution in [-0.2, 0) is 16.1 Å². The number of carbonyl (C=O) groups is 2.